The van der Waals surface area contributed by atoms with Crippen molar-refractivity contribution in [2.75, 3.05) is 12.4 Å². The number of nitrogens with zero attached hydrogens (tertiary/aromatic N) is 1. The Morgan fingerprint density at radius 3 is 2.39 bits per heavy atom. The van der Waals surface area contributed by atoms with Crippen LogP contribution in [0.5, 0.6) is 0 Å². The molecule has 106 valence electrons. The van der Waals surface area contributed by atoms with Gasteiger partial charge in [0, 0.05) is 24.9 Å². The monoisotopic (exact) mass is 273 g/mol. The Morgan fingerprint density at radius 1 is 1.39 bits per heavy atom. The van der Waals surface area contributed by atoms with Gasteiger partial charge >= 0.3 is 0 Å². The summed E-state index contributed by atoms with van der Waals surface area (Å²) in [6.45, 7) is 9.63. The maximum Gasteiger partial charge on any atom is 0.223 e. The molecular formula is C15H28ClNO. The van der Waals surface area contributed by atoms with Crippen molar-refractivity contribution in [2.24, 2.45) is 11.3 Å². The lowest BCUT2D eigenvalue weighted by Gasteiger charge is -2.39. The molecule has 1 unspecified atom stereocenters. The second-order valence-electron chi connectivity index (χ2n) is 6.69. The zero-order chi connectivity index (χ0) is 13.8. The van der Waals surface area contributed by atoms with Gasteiger partial charge in [0.1, 0.15) is 0 Å². The number of hydrogen-bond donors (Lipinski definition) is 0. The minimum Gasteiger partial charge on any atom is -0.340 e. The van der Waals surface area contributed by atoms with E-state index in [1.54, 1.807) is 0 Å². The van der Waals surface area contributed by atoms with E-state index in [9.17, 15) is 4.79 Å². The van der Waals surface area contributed by atoms with Crippen molar-refractivity contribution in [3.63, 3.8) is 0 Å². The van der Waals surface area contributed by atoms with Crippen molar-refractivity contribution >= 4 is 17.5 Å². The summed E-state index contributed by atoms with van der Waals surface area (Å²) in [6.07, 6.45) is 5.20. The lowest BCUT2D eigenvalue weighted by molar-refractivity contribution is -0.137. The number of halogens is 1. The van der Waals surface area contributed by atoms with Crippen LogP contribution in [0.1, 0.15) is 59.8 Å². The summed E-state index contributed by atoms with van der Waals surface area (Å²) < 4.78 is 0. The van der Waals surface area contributed by atoms with Crippen molar-refractivity contribution in [1.29, 1.82) is 0 Å². The first kappa shape index (κ1) is 15.8. The van der Waals surface area contributed by atoms with Gasteiger partial charge in [-0.05, 0) is 37.0 Å². The molecule has 0 saturated heterocycles. The van der Waals surface area contributed by atoms with Gasteiger partial charge in [0.05, 0.1) is 0 Å². The van der Waals surface area contributed by atoms with E-state index >= 15 is 0 Å². The number of hydrogen-bond acceptors (Lipinski definition) is 1. The third-order valence-corrected chi connectivity index (χ3v) is 4.59. The molecule has 0 heterocycles. The number of rotatable bonds is 6. The van der Waals surface area contributed by atoms with Gasteiger partial charge in [-0.15, -0.1) is 11.6 Å². The zero-order valence-corrected chi connectivity index (χ0v) is 13.1. The summed E-state index contributed by atoms with van der Waals surface area (Å²) in [5.74, 6) is 1.39. The Hall–Kier alpha value is -0.240. The fourth-order valence-electron chi connectivity index (χ4n) is 2.12. The molecule has 2 nitrogen and oxygen atoms in total. The molecule has 1 aliphatic carbocycles. The highest BCUT2D eigenvalue weighted by atomic mass is 35.5. The molecule has 1 saturated carbocycles. The summed E-state index contributed by atoms with van der Waals surface area (Å²) in [7, 11) is 0. The van der Waals surface area contributed by atoms with E-state index in [1.165, 1.54) is 19.3 Å². The fourth-order valence-corrected chi connectivity index (χ4v) is 2.24. The third-order valence-electron chi connectivity index (χ3n) is 4.33. The molecule has 1 amide bonds. The SMILES string of the molecule is CC(CC(=O)N(CCCCl)C1CCC1)C(C)(C)C. The Labute approximate surface area is 117 Å². The predicted octanol–water partition coefficient (Wildman–Crippen LogP) is 4.07. The van der Waals surface area contributed by atoms with E-state index in [-0.39, 0.29) is 5.41 Å². The van der Waals surface area contributed by atoms with Crippen LogP contribution in [0.4, 0.5) is 0 Å². The molecule has 0 aromatic carbocycles. The van der Waals surface area contributed by atoms with Gasteiger partial charge in [-0.1, -0.05) is 27.7 Å². The van der Waals surface area contributed by atoms with Crippen LogP contribution in [0.3, 0.4) is 0 Å². The zero-order valence-electron chi connectivity index (χ0n) is 12.3. The largest absolute Gasteiger partial charge is 0.340 e. The van der Waals surface area contributed by atoms with E-state index in [0.717, 1.165) is 13.0 Å². The van der Waals surface area contributed by atoms with Crippen molar-refractivity contribution in [2.45, 2.75) is 65.8 Å². The highest BCUT2D eigenvalue weighted by Gasteiger charge is 2.31. The van der Waals surface area contributed by atoms with Crippen LogP contribution in [0, 0.1) is 11.3 Å². The molecule has 1 atom stereocenters. The lowest BCUT2D eigenvalue weighted by Crippen LogP contribution is -2.45. The summed E-state index contributed by atoms with van der Waals surface area (Å²) in [5, 5.41) is 0. The summed E-state index contributed by atoms with van der Waals surface area (Å²) in [5.41, 5.74) is 0.202. The Morgan fingerprint density at radius 2 is 2.00 bits per heavy atom. The number of amides is 1. The van der Waals surface area contributed by atoms with Crippen LogP contribution >= 0.6 is 11.6 Å². The Balaban J connectivity index is 2.53. The summed E-state index contributed by atoms with van der Waals surface area (Å²) in [6, 6.07) is 0.493. The van der Waals surface area contributed by atoms with E-state index in [0.29, 0.717) is 30.2 Å². The molecule has 0 spiro atoms. The highest BCUT2D eigenvalue weighted by Crippen LogP contribution is 2.31. The van der Waals surface area contributed by atoms with Crippen LogP contribution in [0.2, 0.25) is 0 Å². The Bertz CT molecular complexity index is 268. The molecule has 1 rings (SSSR count). The average Bonchev–Trinajstić information content (AvgIpc) is 2.19. The smallest absolute Gasteiger partial charge is 0.223 e. The van der Waals surface area contributed by atoms with Gasteiger partial charge in [-0.3, -0.25) is 4.79 Å². The second-order valence-corrected chi connectivity index (χ2v) is 7.06. The van der Waals surface area contributed by atoms with E-state index in [2.05, 4.69) is 32.6 Å². The normalized spacial score (nSPS) is 18.3. The van der Waals surface area contributed by atoms with Crippen molar-refractivity contribution in [1.82, 2.24) is 4.90 Å². The van der Waals surface area contributed by atoms with Gasteiger partial charge in [-0.2, -0.15) is 0 Å². The molecule has 1 fully saturated rings. The van der Waals surface area contributed by atoms with Crippen molar-refractivity contribution < 1.29 is 4.79 Å². The van der Waals surface area contributed by atoms with Gasteiger partial charge < -0.3 is 4.90 Å². The number of carbonyl (C=O) groups is 1. The predicted molar refractivity (Wildman–Crippen MR) is 77.9 cm³/mol. The van der Waals surface area contributed by atoms with E-state index in [1.807, 2.05) is 0 Å². The van der Waals surface area contributed by atoms with Crippen LogP contribution in [0.25, 0.3) is 0 Å². The van der Waals surface area contributed by atoms with Gasteiger partial charge in [0.2, 0.25) is 5.91 Å². The first-order valence-electron chi connectivity index (χ1n) is 7.21. The summed E-state index contributed by atoms with van der Waals surface area (Å²) in [4.78, 5) is 14.5. The highest BCUT2D eigenvalue weighted by molar-refractivity contribution is 6.17. The molecule has 0 radical (unpaired) electrons. The van der Waals surface area contributed by atoms with Gasteiger partial charge in [-0.25, -0.2) is 0 Å². The second kappa shape index (κ2) is 6.79. The number of alkyl halides is 1. The van der Waals surface area contributed by atoms with Gasteiger partial charge in [0.15, 0.2) is 0 Å². The molecule has 0 bridgehead atoms. The first-order chi connectivity index (χ1) is 8.36. The molecule has 0 aliphatic heterocycles. The van der Waals surface area contributed by atoms with Crippen LogP contribution < -0.4 is 0 Å². The molecule has 0 aromatic rings. The molecule has 3 heteroatoms. The van der Waals surface area contributed by atoms with Crippen LogP contribution in [0.15, 0.2) is 0 Å². The van der Waals surface area contributed by atoms with Crippen molar-refractivity contribution in [3.05, 3.63) is 0 Å². The maximum absolute atomic E-state index is 12.4. The van der Waals surface area contributed by atoms with E-state index in [4.69, 9.17) is 11.6 Å². The minimum absolute atomic E-state index is 0.202. The van der Waals surface area contributed by atoms with Crippen LogP contribution in [-0.4, -0.2) is 29.3 Å². The lowest BCUT2D eigenvalue weighted by atomic mass is 9.79. The van der Waals surface area contributed by atoms with Crippen molar-refractivity contribution in [3.8, 4) is 0 Å². The molecule has 1 aliphatic rings. The third kappa shape index (κ3) is 4.46. The minimum atomic E-state index is 0.202. The molecular weight excluding hydrogens is 246 g/mol. The first-order valence-corrected chi connectivity index (χ1v) is 7.75. The topological polar surface area (TPSA) is 20.3 Å². The quantitative estimate of drug-likeness (QED) is 0.668. The molecule has 0 aromatic heterocycles. The standard InChI is InChI=1S/C15H28ClNO/c1-12(15(2,3)4)11-14(18)17(10-6-9-16)13-7-5-8-13/h12-13H,5-11H2,1-4H3. The van der Waals surface area contributed by atoms with E-state index < -0.39 is 0 Å². The number of carbonyl (C=O) groups excluding carboxylic acids is 1. The van der Waals surface area contributed by atoms with Gasteiger partial charge in [0.25, 0.3) is 0 Å². The Kier molecular flexibility index (Phi) is 5.97. The molecule has 18 heavy (non-hydrogen) atoms. The van der Waals surface area contributed by atoms with Crippen LogP contribution in [-0.2, 0) is 4.79 Å². The summed E-state index contributed by atoms with van der Waals surface area (Å²) >= 11 is 5.76. The fraction of sp³-hybridized carbons (Fsp3) is 0.933. The average molecular weight is 274 g/mol. The maximum atomic E-state index is 12.4. The molecule has 0 N–H and O–H groups in total.